The number of methoxy groups -OCH3 is 1. The molecule has 0 radical (unpaired) electrons. The molecule has 0 unspecified atom stereocenters. The average Bonchev–Trinajstić information content (AvgIpc) is 2.19. The standard InChI is InChI=1S/C10H14N2O3/c1-12(8-14-2)11-10(13)15-9-6-4-3-5-7-9/h3-7H,8H2,1-2H3,(H,11,13). The summed E-state index contributed by atoms with van der Waals surface area (Å²) in [5.41, 5.74) is 2.48. The van der Waals surface area contributed by atoms with Gasteiger partial charge in [-0.15, -0.1) is 0 Å². The number of hydrogen-bond donors (Lipinski definition) is 1. The van der Waals surface area contributed by atoms with Gasteiger partial charge in [-0.1, -0.05) is 18.2 Å². The molecule has 0 fully saturated rings. The van der Waals surface area contributed by atoms with Gasteiger partial charge in [0.25, 0.3) is 0 Å². The minimum Gasteiger partial charge on any atom is -0.409 e. The quantitative estimate of drug-likeness (QED) is 0.599. The van der Waals surface area contributed by atoms with Crippen LogP contribution < -0.4 is 10.2 Å². The van der Waals surface area contributed by atoms with E-state index < -0.39 is 6.09 Å². The van der Waals surface area contributed by atoms with Gasteiger partial charge in [-0.3, -0.25) is 5.43 Å². The van der Waals surface area contributed by atoms with Gasteiger partial charge in [0.1, 0.15) is 12.5 Å². The highest BCUT2D eigenvalue weighted by Gasteiger charge is 2.05. The summed E-state index contributed by atoms with van der Waals surface area (Å²) >= 11 is 0. The number of hydrazine groups is 1. The maximum atomic E-state index is 11.3. The van der Waals surface area contributed by atoms with E-state index in [4.69, 9.17) is 9.47 Å². The first-order valence-electron chi connectivity index (χ1n) is 4.46. The summed E-state index contributed by atoms with van der Waals surface area (Å²) in [6.07, 6.45) is -0.541. The van der Waals surface area contributed by atoms with Crippen LogP contribution in [-0.4, -0.2) is 32.0 Å². The number of nitrogens with one attached hydrogen (secondary N) is 1. The maximum Gasteiger partial charge on any atom is 0.427 e. The van der Waals surface area contributed by atoms with Crippen LogP contribution in [0.1, 0.15) is 0 Å². The number of ether oxygens (including phenoxy) is 2. The Morgan fingerprint density at radius 2 is 2.07 bits per heavy atom. The van der Waals surface area contributed by atoms with Gasteiger partial charge in [0, 0.05) is 14.2 Å². The van der Waals surface area contributed by atoms with Crippen LogP contribution in [0.3, 0.4) is 0 Å². The first-order chi connectivity index (χ1) is 7.22. The molecule has 5 heteroatoms. The van der Waals surface area contributed by atoms with Crippen LogP contribution in [-0.2, 0) is 4.74 Å². The molecule has 0 saturated heterocycles. The van der Waals surface area contributed by atoms with Crippen molar-refractivity contribution < 1.29 is 14.3 Å². The second-order valence-electron chi connectivity index (χ2n) is 2.93. The summed E-state index contributed by atoms with van der Waals surface area (Å²) in [6, 6.07) is 8.84. The molecule has 0 saturated carbocycles. The molecule has 0 spiro atoms. The number of hydrogen-bond acceptors (Lipinski definition) is 4. The van der Waals surface area contributed by atoms with E-state index in [1.54, 1.807) is 38.4 Å². The lowest BCUT2D eigenvalue weighted by molar-refractivity contribution is 0.0490. The van der Waals surface area contributed by atoms with Crippen LogP contribution in [0.2, 0.25) is 0 Å². The van der Waals surface area contributed by atoms with E-state index in [9.17, 15) is 4.79 Å². The van der Waals surface area contributed by atoms with Crippen molar-refractivity contribution in [2.24, 2.45) is 0 Å². The van der Waals surface area contributed by atoms with Gasteiger partial charge in [-0.25, -0.2) is 4.79 Å². The molecular weight excluding hydrogens is 196 g/mol. The van der Waals surface area contributed by atoms with Crippen molar-refractivity contribution >= 4 is 6.09 Å². The van der Waals surface area contributed by atoms with Gasteiger partial charge >= 0.3 is 6.09 Å². The molecule has 15 heavy (non-hydrogen) atoms. The lowest BCUT2D eigenvalue weighted by Gasteiger charge is -2.15. The molecule has 1 rings (SSSR count). The predicted molar refractivity (Wildman–Crippen MR) is 55.2 cm³/mol. The summed E-state index contributed by atoms with van der Waals surface area (Å²) in [5.74, 6) is 0.501. The van der Waals surface area contributed by atoms with Crippen molar-refractivity contribution in [1.82, 2.24) is 10.4 Å². The maximum absolute atomic E-state index is 11.3. The number of carbonyl (C=O) groups excluding carboxylic acids is 1. The number of amides is 1. The number of benzene rings is 1. The van der Waals surface area contributed by atoms with Crippen molar-refractivity contribution in [3.05, 3.63) is 30.3 Å². The Labute approximate surface area is 88.6 Å². The van der Waals surface area contributed by atoms with E-state index in [2.05, 4.69) is 5.43 Å². The Morgan fingerprint density at radius 3 is 2.67 bits per heavy atom. The summed E-state index contributed by atoms with van der Waals surface area (Å²) < 4.78 is 9.79. The molecule has 0 bridgehead atoms. The van der Waals surface area contributed by atoms with E-state index in [0.29, 0.717) is 12.5 Å². The Balaban J connectivity index is 2.36. The molecule has 0 aliphatic carbocycles. The number of rotatable bonds is 4. The lowest BCUT2D eigenvalue weighted by Crippen LogP contribution is -2.41. The van der Waals surface area contributed by atoms with Crippen molar-refractivity contribution in [1.29, 1.82) is 0 Å². The second kappa shape index (κ2) is 6.00. The Kier molecular flexibility index (Phi) is 4.59. The first-order valence-corrected chi connectivity index (χ1v) is 4.46. The van der Waals surface area contributed by atoms with Crippen LogP contribution in [0.25, 0.3) is 0 Å². The minimum absolute atomic E-state index is 0.296. The summed E-state index contributed by atoms with van der Waals surface area (Å²) in [5, 5.41) is 1.48. The van der Waals surface area contributed by atoms with Gasteiger partial charge < -0.3 is 9.47 Å². The third-order valence-corrected chi connectivity index (χ3v) is 1.56. The molecule has 1 amide bonds. The third-order valence-electron chi connectivity index (χ3n) is 1.56. The van der Waals surface area contributed by atoms with Crippen molar-refractivity contribution in [2.45, 2.75) is 0 Å². The summed E-state index contributed by atoms with van der Waals surface area (Å²) in [4.78, 5) is 11.3. The summed E-state index contributed by atoms with van der Waals surface area (Å²) in [7, 11) is 3.22. The number of para-hydroxylation sites is 1. The minimum atomic E-state index is -0.541. The molecule has 0 atom stereocenters. The van der Waals surface area contributed by atoms with Crippen LogP contribution in [0.4, 0.5) is 4.79 Å². The molecule has 0 heterocycles. The lowest BCUT2D eigenvalue weighted by atomic mass is 10.3. The van der Waals surface area contributed by atoms with Crippen LogP contribution >= 0.6 is 0 Å². The van der Waals surface area contributed by atoms with Crippen LogP contribution in [0, 0.1) is 0 Å². The van der Waals surface area contributed by atoms with Gasteiger partial charge in [-0.05, 0) is 12.1 Å². The second-order valence-corrected chi connectivity index (χ2v) is 2.93. The van der Waals surface area contributed by atoms with E-state index in [1.807, 2.05) is 6.07 Å². The van der Waals surface area contributed by atoms with Crippen LogP contribution in [0.15, 0.2) is 30.3 Å². The zero-order chi connectivity index (χ0) is 11.1. The fraction of sp³-hybridized carbons (Fsp3) is 0.300. The molecule has 1 aromatic rings. The van der Waals surface area contributed by atoms with E-state index in [0.717, 1.165) is 0 Å². The van der Waals surface area contributed by atoms with Crippen molar-refractivity contribution in [3.8, 4) is 5.75 Å². The first kappa shape index (κ1) is 11.5. The third kappa shape index (κ3) is 4.44. The molecule has 1 aromatic carbocycles. The fourth-order valence-corrected chi connectivity index (χ4v) is 1.00. The van der Waals surface area contributed by atoms with Gasteiger partial charge in [0.2, 0.25) is 0 Å². The van der Waals surface area contributed by atoms with Gasteiger partial charge in [0.15, 0.2) is 0 Å². The summed E-state index contributed by atoms with van der Waals surface area (Å²) in [6.45, 7) is 0.296. The van der Waals surface area contributed by atoms with Gasteiger partial charge in [-0.2, -0.15) is 5.01 Å². The van der Waals surface area contributed by atoms with Crippen molar-refractivity contribution in [3.63, 3.8) is 0 Å². The Morgan fingerprint density at radius 1 is 1.40 bits per heavy atom. The molecular formula is C10H14N2O3. The molecule has 0 aliphatic heterocycles. The molecule has 1 N–H and O–H groups in total. The van der Waals surface area contributed by atoms with E-state index in [1.165, 1.54) is 5.01 Å². The number of nitrogens with zero attached hydrogens (tertiary/aromatic N) is 1. The normalized spacial score (nSPS) is 10.1. The molecule has 82 valence electrons. The largest absolute Gasteiger partial charge is 0.427 e. The van der Waals surface area contributed by atoms with E-state index in [-0.39, 0.29) is 0 Å². The van der Waals surface area contributed by atoms with Crippen molar-refractivity contribution in [2.75, 3.05) is 20.9 Å². The highest BCUT2D eigenvalue weighted by Crippen LogP contribution is 2.07. The van der Waals surface area contributed by atoms with E-state index >= 15 is 0 Å². The zero-order valence-corrected chi connectivity index (χ0v) is 8.77. The molecule has 0 aromatic heterocycles. The number of carbonyl (C=O) groups is 1. The predicted octanol–water partition coefficient (Wildman–Crippen LogP) is 1.23. The Bertz CT molecular complexity index is 303. The highest BCUT2D eigenvalue weighted by atomic mass is 16.6. The monoisotopic (exact) mass is 210 g/mol. The zero-order valence-electron chi connectivity index (χ0n) is 8.77. The van der Waals surface area contributed by atoms with Crippen LogP contribution in [0.5, 0.6) is 5.75 Å². The average molecular weight is 210 g/mol. The smallest absolute Gasteiger partial charge is 0.409 e. The Hall–Kier alpha value is -1.59. The highest BCUT2D eigenvalue weighted by molar-refractivity contribution is 5.69. The van der Waals surface area contributed by atoms with Gasteiger partial charge in [0.05, 0.1) is 0 Å². The fourth-order valence-electron chi connectivity index (χ4n) is 1.00. The SMILES string of the molecule is COCN(C)NC(=O)Oc1ccccc1. The molecule has 0 aliphatic rings. The topological polar surface area (TPSA) is 50.8 Å². The molecule has 5 nitrogen and oxygen atoms in total.